The number of phenols is 2. The van der Waals surface area contributed by atoms with Crippen LogP contribution in [0.3, 0.4) is 0 Å². The fraction of sp³-hybridized carbons (Fsp3) is 0.261. The van der Waals surface area contributed by atoms with Crippen LogP contribution in [0.5, 0.6) is 11.5 Å². The molecule has 2 aromatic rings. The van der Waals surface area contributed by atoms with Gasteiger partial charge in [-0.05, 0) is 42.7 Å². The number of aromatic hydroxyl groups is 2. The van der Waals surface area contributed by atoms with Gasteiger partial charge in [0.2, 0.25) is 0 Å². The number of benzene rings is 2. The predicted molar refractivity (Wildman–Crippen MR) is 117 cm³/mol. The van der Waals surface area contributed by atoms with Crippen molar-refractivity contribution >= 4 is 15.1 Å². The number of carbonyl (C=O) groups excluding carboxylic acids is 1. The zero-order valence-electron chi connectivity index (χ0n) is 16.8. The van der Waals surface area contributed by atoms with Crippen LogP contribution < -0.4 is 5.32 Å². The second-order valence-electron chi connectivity index (χ2n) is 7.22. The summed E-state index contributed by atoms with van der Waals surface area (Å²) < 4.78 is 34.5. The molecule has 0 radical (unpaired) electrons. The Hall–Kier alpha value is -2.92. The highest BCUT2D eigenvalue weighted by atomic mass is 31.0. The molecule has 8 heteroatoms. The van der Waals surface area contributed by atoms with Gasteiger partial charge in [0.1, 0.15) is 11.5 Å². The maximum atomic E-state index is 14.4. The Morgan fingerprint density at radius 3 is 2.58 bits per heavy atom. The molecule has 1 amide bonds. The summed E-state index contributed by atoms with van der Waals surface area (Å²) >= 11 is 0. The number of hydrogen-bond donors (Lipinski definition) is 3. The van der Waals surface area contributed by atoms with Crippen LogP contribution in [-0.2, 0) is 11.2 Å². The number of halogens is 2. The Labute approximate surface area is 181 Å². The molecule has 2 aromatic carbocycles. The molecule has 3 N–H and O–H groups in total. The van der Waals surface area contributed by atoms with Gasteiger partial charge in [-0.15, -0.1) is 0 Å². The first-order valence-corrected chi connectivity index (χ1v) is 10.4. The minimum absolute atomic E-state index is 0.0504. The number of ether oxygens (including phenoxy) is 1. The van der Waals surface area contributed by atoms with Gasteiger partial charge in [0, 0.05) is 24.1 Å². The Morgan fingerprint density at radius 2 is 1.87 bits per heavy atom. The number of hydrogen-bond acceptors (Lipinski definition) is 4. The highest BCUT2D eigenvalue weighted by molar-refractivity contribution is 7.18. The number of amides is 1. The van der Waals surface area contributed by atoms with Gasteiger partial charge in [0.05, 0.1) is 17.9 Å². The number of alkyl halides is 2. The Balaban J connectivity index is 1.79. The number of carbonyl (C=O) groups is 1. The van der Waals surface area contributed by atoms with Crippen molar-refractivity contribution in [3.05, 3.63) is 82.8 Å². The number of allylic oxidation sites excluding steroid dienone is 4. The summed E-state index contributed by atoms with van der Waals surface area (Å²) in [6.07, 6.45) is 3.09. The normalized spacial score (nSPS) is 14.6. The average Bonchev–Trinajstić information content (AvgIpc) is 2.93. The molecular formula is C23H24F2NO4P. The average molecular weight is 447 g/mol. The highest BCUT2D eigenvalue weighted by Gasteiger charge is 2.32. The fourth-order valence-corrected chi connectivity index (χ4v) is 3.55. The van der Waals surface area contributed by atoms with E-state index in [4.69, 9.17) is 4.74 Å². The molecule has 5 nitrogen and oxygen atoms in total. The van der Waals surface area contributed by atoms with Crippen molar-refractivity contribution < 1.29 is 28.5 Å². The van der Waals surface area contributed by atoms with E-state index in [1.807, 2.05) is 30.3 Å². The van der Waals surface area contributed by atoms with Gasteiger partial charge >= 0.3 is 0 Å². The van der Waals surface area contributed by atoms with Crippen molar-refractivity contribution in [1.29, 1.82) is 0 Å². The molecule has 0 heterocycles. The summed E-state index contributed by atoms with van der Waals surface area (Å²) in [7, 11) is 1.49. The van der Waals surface area contributed by atoms with Crippen LogP contribution in [0.1, 0.15) is 35.2 Å². The van der Waals surface area contributed by atoms with Crippen molar-refractivity contribution in [3.8, 4) is 11.5 Å². The van der Waals surface area contributed by atoms with Gasteiger partial charge < -0.3 is 20.3 Å². The van der Waals surface area contributed by atoms with Gasteiger partial charge in [-0.2, -0.15) is 8.78 Å². The van der Waals surface area contributed by atoms with Crippen LogP contribution >= 0.6 is 9.24 Å². The smallest absolute Gasteiger partial charge is 0.285 e. The van der Waals surface area contributed by atoms with Gasteiger partial charge in [0.25, 0.3) is 11.6 Å². The van der Waals surface area contributed by atoms with Crippen molar-refractivity contribution in [2.24, 2.45) is 0 Å². The highest BCUT2D eigenvalue weighted by Crippen LogP contribution is 2.38. The number of nitrogens with one attached hydrogen (secondary N) is 1. The third-order valence-corrected chi connectivity index (χ3v) is 5.16. The molecule has 1 aliphatic rings. The van der Waals surface area contributed by atoms with Crippen molar-refractivity contribution in [2.45, 2.75) is 31.3 Å². The van der Waals surface area contributed by atoms with Crippen LogP contribution in [0.25, 0.3) is 0 Å². The van der Waals surface area contributed by atoms with E-state index >= 15 is 0 Å². The van der Waals surface area contributed by atoms with Gasteiger partial charge in [-0.1, -0.05) is 39.6 Å². The molecule has 31 heavy (non-hydrogen) atoms. The number of phenolic OH excluding ortho intramolecular Hbond substituents is 2. The molecule has 0 aromatic heterocycles. The molecule has 0 saturated carbocycles. The van der Waals surface area contributed by atoms with E-state index in [-0.39, 0.29) is 34.8 Å². The molecule has 1 atom stereocenters. The number of rotatable bonds is 7. The maximum Gasteiger partial charge on any atom is 0.285 e. The lowest BCUT2D eigenvalue weighted by Gasteiger charge is -2.18. The molecular weight excluding hydrogens is 423 g/mol. The summed E-state index contributed by atoms with van der Waals surface area (Å²) in [5.41, 5.74) is -2.72. The molecule has 164 valence electrons. The summed E-state index contributed by atoms with van der Waals surface area (Å²) in [4.78, 5) is 12.6. The molecule has 1 aliphatic carbocycles. The summed E-state index contributed by atoms with van der Waals surface area (Å²) in [6.45, 7) is 0.352. The van der Waals surface area contributed by atoms with Crippen LogP contribution in [0, 0.1) is 0 Å². The molecule has 0 spiro atoms. The second kappa shape index (κ2) is 9.92. The first kappa shape index (κ1) is 22.8. The molecule has 0 saturated heterocycles. The van der Waals surface area contributed by atoms with E-state index in [1.54, 1.807) is 0 Å². The minimum Gasteiger partial charge on any atom is -0.508 e. The van der Waals surface area contributed by atoms with Gasteiger partial charge in [0.15, 0.2) is 0 Å². The standard InChI is InChI=1S/C23H24F2NO4P/c24-23(25,31)19-14-17(30-12-11-15-5-2-1-3-6-15)7-4-8-20(19)26-22(29)18-13-16(27)9-10-21(18)28/h1-3,5-6,9-10,13-14,27-28H,4,7-8,11-12,31H2,(H,26,29). The molecule has 0 fully saturated rings. The Bertz CT molecular complexity index is 1000. The quantitative estimate of drug-likeness (QED) is 0.418. The zero-order chi connectivity index (χ0) is 22.4. The van der Waals surface area contributed by atoms with Crippen LogP contribution in [-0.4, -0.2) is 28.4 Å². The summed E-state index contributed by atoms with van der Waals surface area (Å²) in [5.74, 6) is -0.929. The van der Waals surface area contributed by atoms with E-state index < -0.39 is 11.6 Å². The summed E-state index contributed by atoms with van der Waals surface area (Å²) in [5, 5.41) is 21.9. The van der Waals surface area contributed by atoms with E-state index in [0.29, 0.717) is 31.6 Å². The maximum absolute atomic E-state index is 14.4. The Morgan fingerprint density at radius 1 is 1.13 bits per heavy atom. The Kier molecular flexibility index (Phi) is 7.29. The monoisotopic (exact) mass is 447 g/mol. The van der Waals surface area contributed by atoms with Crippen molar-refractivity contribution in [1.82, 2.24) is 5.32 Å². The first-order chi connectivity index (χ1) is 14.7. The minimum atomic E-state index is -3.29. The third-order valence-electron chi connectivity index (χ3n) is 4.85. The molecule has 3 rings (SSSR count). The largest absolute Gasteiger partial charge is 0.508 e. The van der Waals surface area contributed by atoms with Crippen LogP contribution in [0.15, 0.2) is 71.6 Å². The van der Waals surface area contributed by atoms with Crippen molar-refractivity contribution in [2.75, 3.05) is 6.61 Å². The van der Waals surface area contributed by atoms with E-state index in [2.05, 4.69) is 5.32 Å². The topological polar surface area (TPSA) is 78.8 Å². The predicted octanol–water partition coefficient (Wildman–Crippen LogP) is 4.88. The lowest BCUT2D eigenvalue weighted by Crippen LogP contribution is -2.26. The molecule has 0 aliphatic heterocycles. The third kappa shape index (κ3) is 6.28. The van der Waals surface area contributed by atoms with Gasteiger partial charge in [-0.3, -0.25) is 4.79 Å². The second-order valence-corrected chi connectivity index (χ2v) is 7.94. The zero-order valence-corrected chi connectivity index (χ0v) is 17.9. The van der Waals surface area contributed by atoms with Crippen LogP contribution in [0.2, 0.25) is 0 Å². The lowest BCUT2D eigenvalue weighted by atomic mass is 10.1. The van der Waals surface area contributed by atoms with Gasteiger partial charge in [-0.25, -0.2) is 0 Å². The van der Waals surface area contributed by atoms with Crippen LogP contribution in [0.4, 0.5) is 8.78 Å². The van der Waals surface area contributed by atoms with E-state index in [0.717, 1.165) is 17.7 Å². The first-order valence-electron chi connectivity index (χ1n) is 9.85. The molecule has 0 bridgehead atoms. The lowest BCUT2D eigenvalue weighted by molar-refractivity contribution is 0.0958. The van der Waals surface area contributed by atoms with E-state index in [1.165, 1.54) is 21.4 Å². The molecule has 1 unspecified atom stereocenters. The summed E-state index contributed by atoms with van der Waals surface area (Å²) in [6, 6.07) is 13.2. The SMILES string of the molecule is O=C(NC1=C(C(F)(F)P)C=C(OCCc2ccccc2)CCC1)c1cc(O)ccc1O. The van der Waals surface area contributed by atoms with Crippen molar-refractivity contribution in [3.63, 3.8) is 0 Å². The van der Waals surface area contributed by atoms with E-state index in [9.17, 15) is 23.8 Å². The fourth-order valence-electron chi connectivity index (χ4n) is 3.29.